The molecule has 1 amide bonds. The predicted octanol–water partition coefficient (Wildman–Crippen LogP) is 4.32. The van der Waals surface area contributed by atoms with Crippen molar-refractivity contribution < 1.29 is 13.9 Å². The lowest BCUT2D eigenvalue weighted by Crippen LogP contribution is -2.59. The van der Waals surface area contributed by atoms with E-state index in [9.17, 15) is 9.18 Å². The van der Waals surface area contributed by atoms with E-state index in [0.29, 0.717) is 24.7 Å². The molecule has 4 atom stereocenters. The number of benzene rings is 2. The standard InChI is InChI=1S/C29H34FN3O2/c30-21-8-10-22(11-9-21)33-18-31-28(34)29(33)13-15-32(16-14-29)27(25-17-35-25)24-12-7-20-4-1-3-19-5-2-6-23(24)26(19)20/h2,5-6,8-11,20,24-25,27H,1,3-4,7,12-18H2,(H,31,34). The van der Waals surface area contributed by atoms with Gasteiger partial charge < -0.3 is 15.0 Å². The highest BCUT2D eigenvalue weighted by atomic mass is 19.1. The Morgan fingerprint density at radius 1 is 1.06 bits per heavy atom. The second kappa shape index (κ2) is 8.31. The van der Waals surface area contributed by atoms with Gasteiger partial charge in [-0.25, -0.2) is 4.39 Å². The van der Waals surface area contributed by atoms with Crippen LogP contribution in [0.2, 0.25) is 0 Å². The number of nitrogens with zero attached hydrogens (tertiary/aromatic N) is 2. The third-order valence-electron chi connectivity index (χ3n) is 9.54. The van der Waals surface area contributed by atoms with Crippen molar-refractivity contribution in [1.29, 1.82) is 0 Å². The van der Waals surface area contributed by atoms with Crippen molar-refractivity contribution >= 4 is 11.6 Å². The van der Waals surface area contributed by atoms with Crippen LogP contribution >= 0.6 is 0 Å². The summed E-state index contributed by atoms with van der Waals surface area (Å²) < 4.78 is 19.5. The van der Waals surface area contributed by atoms with Crippen molar-refractivity contribution in [2.24, 2.45) is 0 Å². The van der Waals surface area contributed by atoms with E-state index in [2.05, 4.69) is 33.3 Å². The Morgan fingerprint density at radius 3 is 2.63 bits per heavy atom. The molecule has 4 unspecified atom stereocenters. The van der Waals surface area contributed by atoms with Crippen molar-refractivity contribution in [1.82, 2.24) is 10.2 Å². The maximum atomic E-state index is 13.5. The van der Waals surface area contributed by atoms with E-state index >= 15 is 0 Å². The number of carbonyl (C=O) groups is 1. The number of likely N-dealkylation sites (tertiary alicyclic amines) is 1. The molecule has 184 valence electrons. The van der Waals surface area contributed by atoms with E-state index in [0.717, 1.165) is 44.1 Å². The summed E-state index contributed by atoms with van der Waals surface area (Å²) in [5.41, 5.74) is 5.17. The summed E-state index contributed by atoms with van der Waals surface area (Å²) in [5, 5.41) is 3.07. The molecule has 3 heterocycles. The van der Waals surface area contributed by atoms with Gasteiger partial charge in [-0.2, -0.15) is 0 Å². The zero-order chi connectivity index (χ0) is 23.6. The first-order chi connectivity index (χ1) is 17.1. The molecule has 1 spiro atoms. The highest BCUT2D eigenvalue weighted by molar-refractivity contribution is 5.93. The van der Waals surface area contributed by atoms with Gasteiger partial charge in [0.15, 0.2) is 0 Å². The average Bonchev–Trinajstić information content (AvgIpc) is 3.68. The largest absolute Gasteiger partial charge is 0.371 e. The van der Waals surface area contributed by atoms with Crippen LogP contribution in [0.3, 0.4) is 0 Å². The normalized spacial score (nSPS) is 30.1. The number of nitrogens with one attached hydrogen (secondary N) is 1. The molecule has 1 N–H and O–H groups in total. The van der Waals surface area contributed by atoms with Crippen LogP contribution < -0.4 is 10.2 Å². The van der Waals surface area contributed by atoms with Gasteiger partial charge in [-0.05, 0) is 91.8 Å². The number of rotatable bonds is 4. The van der Waals surface area contributed by atoms with Crippen LogP contribution in [0.4, 0.5) is 10.1 Å². The van der Waals surface area contributed by atoms with Gasteiger partial charge >= 0.3 is 0 Å². The second-order valence-electron chi connectivity index (χ2n) is 11.2. The molecule has 0 bridgehead atoms. The number of ether oxygens (including phenoxy) is 1. The van der Waals surface area contributed by atoms with Gasteiger partial charge in [-0.1, -0.05) is 18.2 Å². The summed E-state index contributed by atoms with van der Waals surface area (Å²) in [5.74, 6) is 1.11. The van der Waals surface area contributed by atoms with Gasteiger partial charge in [0.25, 0.3) is 0 Å². The lowest BCUT2D eigenvalue weighted by Gasteiger charge is -2.48. The Labute approximate surface area is 206 Å². The maximum Gasteiger partial charge on any atom is 0.247 e. The van der Waals surface area contributed by atoms with Crippen molar-refractivity contribution in [3.05, 3.63) is 65.0 Å². The quantitative estimate of drug-likeness (QED) is 0.670. The molecule has 5 aliphatic rings. The first-order valence-corrected chi connectivity index (χ1v) is 13.4. The van der Waals surface area contributed by atoms with Gasteiger partial charge in [-0.15, -0.1) is 0 Å². The number of hydrogen-bond acceptors (Lipinski definition) is 4. The number of carbonyl (C=O) groups excluding carboxylic acids is 1. The van der Waals surface area contributed by atoms with Gasteiger partial charge in [0, 0.05) is 30.7 Å². The summed E-state index contributed by atoms with van der Waals surface area (Å²) in [7, 11) is 0. The molecule has 3 fully saturated rings. The van der Waals surface area contributed by atoms with Crippen molar-refractivity contribution in [3.8, 4) is 0 Å². The number of epoxide rings is 1. The molecule has 2 aromatic rings. The Morgan fingerprint density at radius 2 is 1.86 bits per heavy atom. The summed E-state index contributed by atoms with van der Waals surface area (Å²) in [6.07, 6.45) is 8.26. The van der Waals surface area contributed by atoms with E-state index in [1.165, 1.54) is 44.2 Å². The van der Waals surface area contributed by atoms with Gasteiger partial charge in [0.05, 0.1) is 19.4 Å². The Hall–Kier alpha value is -2.44. The van der Waals surface area contributed by atoms with E-state index in [1.54, 1.807) is 28.8 Å². The van der Waals surface area contributed by atoms with Gasteiger partial charge in [0.2, 0.25) is 5.91 Å². The molecule has 7 rings (SSSR count). The van der Waals surface area contributed by atoms with Crippen LogP contribution in [-0.2, 0) is 16.0 Å². The summed E-state index contributed by atoms with van der Waals surface area (Å²) in [6, 6.07) is 13.9. The summed E-state index contributed by atoms with van der Waals surface area (Å²) >= 11 is 0. The fraction of sp³-hybridized carbons (Fsp3) is 0.552. The Balaban J connectivity index is 1.15. The molecule has 5 nitrogen and oxygen atoms in total. The highest BCUT2D eigenvalue weighted by Crippen LogP contribution is 2.49. The zero-order valence-electron chi connectivity index (χ0n) is 20.2. The third kappa shape index (κ3) is 3.52. The minimum absolute atomic E-state index is 0.110. The molecular formula is C29H34FN3O2. The second-order valence-corrected chi connectivity index (χ2v) is 11.2. The number of anilines is 1. The number of amides is 1. The van der Waals surface area contributed by atoms with Crippen LogP contribution in [0.5, 0.6) is 0 Å². The van der Waals surface area contributed by atoms with Crippen LogP contribution in [0.15, 0.2) is 42.5 Å². The zero-order valence-corrected chi connectivity index (χ0v) is 20.2. The lowest BCUT2D eigenvalue weighted by atomic mass is 9.67. The maximum absolute atomic E-state index is 13.5. The van der Waals surface area contributed by atoms with Gasteiger partial charge in [-0.3, -0.25) is 9.69 Å². The molecule has 6 heteroatoms. The number of piperidine rings is 1. The molecule has 2 aliphatic carbocycles. The van der Waals surface area contributed by atoms with E-state index in [4.69, 9.17) is 4.74 Å². The molecule has 0 saturated carbocycles. The average molecular weight is 476 g/mol. The molecule has 2 aromatic carbocycles. The summed E-state index contributed by atoms with van der Waals surface area (Å²) in [6.45, 7) is 3.10. The fourth-order valence-corrected chi connectivity index (χ4v) is 7.77. The van der Waals surface area contributed by atoms with Crippen molar-refractivity contribution in [3.63, 3.8) is 0 Å². The van der Waals surface area contributed by atoms with Crippen LogP contribution in [0.1, 0.15) is 67.1 Å². The number of aryl methyl sites for hydroxylation is 1. The van der Waals surface area contributed by atoms with E-state index in [1.807, 2.05) is 0 Å². The molecular weight excluding hydrogens is 441 g/mol. The monoisotopic (exact) mass is 475 g/mol. The first-order valence-electron chi connectivity index (χ1n) is 13.4. The number of halogens is 1. The highest BCUT2D eigenvalue weighted by Gasteiger charge is 2.53. The van der Waals surface area contributed by atoms with Crippen LogP contribution in [0.25, 0.3) is 0 Å². The minimum atomic E-state index is -0.549. The fourth-order valence-electron chi connectivity index (χ4n) is 7.77. The first kappa shape index (κ1) is 21.8. The summed E-state index contributed by atoms with van der Waals surface area (Å²) in [4.78, 5) is 17.9. The Bertz CT molecular complexity index is 1120. The number of hydrogen-bond donors (Lipinski definition) is 1. The lowest BCUT2D eigenvalue weighted by molar-refractivity contribution is -0.125. The van der Waals surface area contributed by atoms with E-state index < -0.39 is 5.54 Å². The Kier molecular flexibility index (Phi) is 5.18. The smallest absolute Gasteiger partial charge is 0.247 e. The molecule has 35 heavy (non-hydrogen) atoms. The SMILES string of the molecule is O=C1NCN(c2ccc(F)cc2)C12CCN(C(C1CO1)C1CCC3CCCc4cccc1c43)CC2. The van der Waals surface area contributed by atoms with E-state index in [-0.39, 0.29) is 11.7 Å². The topological polar surface area (TPSA) is 48.1 Å². The molecule has 0 radical (unpaired) electrons. The third-order valence-corrected chi connectivity index (χ3v) is 9.54. The minimum Gasteiger partial charge on any atom is -0.371 e. The predicted molar refractivity (Wildman–Crippen MR) is 133 cm³/mol. The van der Waals surface area contributed by atoms with Gasteiger partial charge in [0.1, 0.15) is 11.4 Å². The van der Waals surface area contributed by atoms with Crippen molar-refractivity contribution in [2.45, 2.75) is 74.5 Å². The van der Waals surface area contributed by atoms with Crippen LogP contribution in [0, 0.1) is 5.82 Å². The van der Waals surface area contributed by atoms with Crippen LogP contribution in [-0.4, -0.2) is 54.9 Å². The molecule has 3 aliphatic heterocycles. The van der Waals surface area contributed by atoms with Crippen molar-refractivity contribution in [2.75, 3.05) is 31.3 Å². The molecule has 3 saturated heterocycles. The molecule has 0 aromatic heterocycles.